The van der Waals surface area contributed by atoms with Crippen molar-refractivity contribution in [3.8, 4) is 0 Å². The zero-order valence-corrected chi connectivity index (χ0v) is 14.4. The highest BCUT2D eigenvalue weighted by Gasteiger charge is 2.06. The molecule has 0 spiro atoms. The second-order valence-corrected chi connectivity index (χ2v) is 6.04. The number of amides is 3. The van der Waals surface area contributed by atoms with Crippen LogP contribution >= 0.6 is 11.6 Å². The minimum Gasteiger partial charge on any atom is -0.352 e. The third kappa shape index (κ3) is 5.59. The Morgan fingerprint density at radius 2 is 1.75 bits per heavy atom. The van der Waals surface area contributed by atoms with Crippen molar-refractivity contribution >= 4 is 29.2 Å². The molecule has 0 aliphatic rings. The lowest BCUT2D eigenvalue weighted by molar-refractivity contribution is -0.120. The van der Waals surface area contributed by atoms with Crippen molar-refractivity contribution < 1.29 is 9.59 Å². The summed E-state index contributed by atoms with van der Waals surface area (Å²) in [5.41, 5.74) is 2.47. The lowest BCUT2D eigenvalue weighted by Crippen LogP contribution is -2.27. The number of halogens is 1. The second-order valence-electron chi connectivity index (χ2n) is 5.61. The van der Waals surface area contributed by atoms with E-state index in [-0.39, 0.29) is 18.4 Å². The van der Waals surface area contributed by atoms with Crippen molar-refractivity contribution in [2.45, 2.75) is 13.0 Å². The summed E-state index contributed by atoms with van der Waals surface area (Å²) >= 11 is 5.91. The van der Waals surface area contributed by atoms with Gasteiger partial charge < -0.3 is 15.5 Å². The fourth-order valence-corrected chi connectivity index (χ4v) is 2.30. The van der Waals surface area contributed by atoms with E-state index in [2.05, 4.69) is 10.6 Å². The maximum absolute atomic E-state index is 12.0. The van der Waals surface area contributed by atoms with Gasteiger partial charge in [-0.1, -0.05) is 35.9 Å². The standard InChI is InChI=1S/C18H20ClN3O2/c1-22(2)18(24)21-16-8-4-6-14(10-16)12-20-17(23)11-13-5-3-7-15(19)9-13/h3-10H,11-12H2,1-2H3,(H,20,23)(H,21,24). The van der Waals surface area contributed by atoms with Crippen LogP contribution in [0.5, 0.6) is 0 Å². The molecule has 2 rings (SSSR count). The first-order chi connectivity index (χ1) is 11.4. The first kappa shape index (κ1) is 17.8. The molecule has 6 heteroatoms. The molecule has 2 aromatic rings. The Labute approximate surface area is 146 Å². The Morgan fingerprint density at radius 3 is 2.46 bits per heavy atom. The largest absolute Gasteiger partial charge is 0.352 e. The average molecular weight is 346 g/mol. The number of benzene rings is 2. The number of rotatable bonds is 5. The fraction of sp³-hybridized carbons (Fsp3) is 0.222. The Hall–Kier alpha value is -2.53. The molecule has 2 N–H and O–H groups in total. The van der Waals surface area contributed by atoms with Gasteiger partial charge >= 0.3 is 6.03 Å². The molecule has 24 heavy (non-hydrogen) atoms. The van der Waals surface area contributed by atoms with E-state index >= 15 is 0 Å². The van der Waals surface area contributed by atoms with Crippen LogP contribution in [0.4, 0.5) is 10.5 Å². The van der Waals surface area contributed by atoms with Gasteiger partial charge in [-0.3, -0.25) is 4.79 Å². The molecule has 0 atom stereocenters. The van der Waals surface area contributed by atoms with Gasteiger partial charge in [0.05, 0.1) is 6.42 Å². The number of nitrogens with zero attached hydrogens (tertiary/aromatic N) is 1. The Morgan fingerprint density at radius 1 is 1.04 bits per heavy atom. The van der Waals surface area contributed by atoms with Crippen molar-refractivity contribution in [3.63, 3.8) is 0 Å². The molecule has 0 aliphatic carbocycles. The molecule has 0 heterocycles. The van der Waals surface area contributed by atoms with E-state index in [1.807, 2.05) is 30.3 Å². The number of hydrogen-bond donors (Lipinski definition) is 2. The van der Waals surface area contributed by atoms with Crippen molar-refractivity contribution in [1.82, 2.24) is 10.2 Å². The minimum absolute atomic E-state index is 0.0833. The molecule has 0 fully saturated rings. The maximum Gasteiger partial charge on any atom is 0.321 e. The summed E-state index contributed by atoms with van der Waals surface area (Å²) in [6.45, 7) is 0.394. The van der Waals surface area contributed by atoms with E-state index in [0.717, 1.165) is 11.1 Å². The quantitative estimate of drug-likeness (QED) is 0.873. The van der Waals surface area contributed by atoms with E-state index in [1.54, 1.807) is 32.3 Å². The molecule has 0 aliphatic heterocycles. The monoisotopic (exact) mass is 345 g/mol. The minimum atomic E-state index is -0.197. The highest BCUT2D eigenvalue weighted by molar-refractivity contribution is 6.30. The van der Waals surface area contributed by atoms with Crippen molar-refractivity contribution in [3.05, 3.63) is 64.7 Å². The molecule has 0 bridgehead atoms. The zero-order valence-electron chi connectivity index (χ0n) is 13.7. The van der Waals surface area contributed by atoms with Crippen molar-refractivity contribution in [2.24, 2.45) is 0 Å². The summed E-state index contributed by atoms with van der Waals surface area (Å²) in [6.07, 6.45) is 0.275. The SMILES string of the molecule is CN(C)C(=O)Nc1cccc(CNC(=O)Cc2cccc(Cl)c2)c1. The smallest absolute Gasteiger partial charge is 0.321 e. The topological polar surface area (TPSA) is 61.4 Å². The molecular formula is C18H20ClN3O2. The highest BCUT2D eigenvalue weighted by atomic mass is 35.5. The molecular weight excluding hydrogens is 326 g/mol. The molecule has 0 saturated heterocycles. The predicted octanol–water partition coefficient (Wildman–Crippen LogP) is 3.29. The molecule has 0 unspecified atom stereocenters. The molecule has 126 valence electrons. The van der Waals surface area contributed by atoms with E-state index in [9.17, 15) is 9.59 Å². The fourth-order valence-electron chi connectivity index (χ4n) is 2.09. The van der Waals surface area contributed by atoms with Gasteiger partial charge in [0.1, 0.15) is 0 Å². The summed E-state index contributed by atoms with van der Waals surface area (Å²) in [4.78, 5) is 25.1. The number of carbonyl (C=O) groups excluding carboxylic acids is 2. The van der Waals surface area contributed by atoms with Crippen LogP contribution in [0.25, 0.3) is 0 Å². The Kier molecular flexibility index (Phi) is 6.21. The van der Waals surface area contributed by atoms with Gasteiger partial charge in [0.15, 0.2) is 0 Å². The van der Waals surface area contributed by atoms with Gasteiger partial charge in [-0.15, -0.1) is 0 Å². The lowest BCUT2D eigenvalue weighted by Gasteiger charge is -2.13. The summed E-state index contributed by atoms with van der Waals surface area (Å²) in [6, 6.07) is 14.4. The van der Waals surface area contributed by atoms with Gasteiger partial charge in [0, 0.05) is 31.4 Å². The second kappa shape index (κ2) is 8.36. The third-order valence-corrected chi connectivity index (χ3v) is 3.56. The van der Waals surface area contributed by atoms with Crippen LogP contribution in [0.1, 0.15) is 11.1 Å². The predicted molar refractivity (Wildman–Crippen MR) is 96.2 cm³/mol. The number of anilines is 1. The van der Waals surface area contributed by atoms with Crippen LogP contribution in [0.3, 0.4) is 0 Å². The Bertz CT molecular complexity index is 732. The highest BCUT2D eigenvalue weighted by Crippen LogP contribution is 2.12. The number of urea groups is 1. The van der Waals surface area contributed by atoms with Crippen LogP contribution in [0, 0.1) is 0 Å². The van der Waals surface area contributed by atoms with Crippen LogP contribution in [0.15, 0.2) is 48.5 Å². The van der Waals surface area contributed by atoms with Crippen LogP contribution in [-0.2, 0) is 17.8 Å². The van der Waals surface area contributed by atoms with Gasteiger partial charge in [-0.2, -0.15) is 0 Å². The van der Waals surface area contributed by atoms with E-state index in [1.165, 1.54) is 4.90 Å². The van der Waals surface area contributed by atoms with Crippen LogP contribution in [-0.4, -0.2) is 30.9 Å². The van der Waals surface area contributed by atoms with Gasteiger partial charge in [-0.25, -0.2) is 4.79 Å². The summed E-state index contributed by atoms with van der Waals surface area (Å²) in [5, 5.41) is 6.26. The van der Waals surface area contributed by atoms with E-state index in [0.29, 0.717) is 17.3 Å². The Balaban J connectivity index is 1.89. The molecule has 2 aromatic carbocycles. The third-order valence-electron chi connectivity index (χ3n) is 3.33. The number of carbonyl (C=O) groups is 2. The first-order valence-corrected chi connectivity index (χ1v) is 7.90. The molecule has 0 radical (unpaired) electrons. The molecule has 3 amide bonds. The molecule has 0 saturated carbocycles. The number of hydrogen-bond acceptors (Lipinski definition) is 2. The molecule has 5 nitrogen and oxygen atoms in total. The average Bonchev–Trinajstić information content (AvgIpc) is 2.53. The maximum atomic E-state index is 12.0. The van der Waals surface area contributed by atoms with E-state index < -0.39 is 0 Å². The zero-order chi connectivity index (χ0) is 17.5. The van der Waals surface area contributed by atoms with Crippen LogP contribution in [0.2, 0.25) is 5.02 Å². The lowest BCUT2D eigenvalue weighted by atomic mass is 10.1. The van der Waals surface area contributed by atoms with Crippen LogP contribution < -0.4 is 10.6 Å². The summed E-state index contributed by atoms with van der Waals surface area (Å²) in [7, 11) is 3.35. The van der Waals surface area contributed by atoms with Gasteiger partial charge in [-0.05, 0) is 35.4 Å². The summed E-state index contributed by atoms with van der Waals surface area (Å²) < 4.78 is 0. The van der Waals surface area contributed by atoms with Crippen molar-refractivity contribution in [2.75, 3.05) is 19.4 Å². The molecule has 0 aromatic heterocycles. The first-order valence-electron chi connectivity index (χ1n) is 7.52. The van der Waals surface area contributed by atoms with Gasteiger partial charge in [0.25, 0.3) is 0 Å². The summed E-state index contributed by atoms with van der Waals surface area (Å²) in [5.74, 6) is -0.0833. The van der Waals surface area contributed by atoms with Gasteiger partial charge in [0.2, 0.25) is 5.91 Å². The normalized spacial score (nSPS) is 10.1. The van der Waals surface area contributed by atoms with E-state index in [4.69, 9.17) is 11.6 Å². The van der Waals surface area contributed by atoms with Crippen molar-refractivity contribution in [1.29, 1.82) is 0 Å². The number of nitrogens with one attached hydrogen (secondary N) is 2.